The number of amides is 1. The number of aryl methyl sites for hydroxylation is 1. The number of alkyl halides is 3. The van der Waals surface area contributed by atoms with Crippen molar-refractivity contribution in [2.45, 2.75) is 57.9 Å². The van der Waals surface area contributed by atoms with E-state index < -0.39 is 21.8 Å². The zero-order valence-corrected chi connectivity index (χ0v) is 28.3. The molecular weight excluding hydrogens is 664 g/mol. The number of piperidine rings is 1. The van der Waals surface area contributed by atoms with Crippen LogP contribution in [0, 0.1) is 5.41 Å². The number of carbonyl (C=O) groups excluding carboxylic acids is 1. The van der Waals surface area contributed by atoms with Crippen LogP contribution >= 0.6 is 11.5 Å². The molecule has 1 amide bonds. The molecular formula is C33H38F3N7O3S2. The van der Waals surface area contributed by atoms with Gasteiger partial charge in [-0.3, -0.25) is 9.48 Å². The Hall–Kier alpha value is -3.53. The Labute approximate surface area is 281 Å². The van der Waals surface area contributed by atoms with Crippen molar-refractivity contribution in [2.75, 3.05) is 44.3 Å². The molecule has 7 rings (SSSR count). The molecule has 3 aliphatic heterocycles. The van der Waals surface area contributed by atoms with E-state index in [2.05, 4.69) is 19.9 Å². The predicted octanol–water partition coefficient (Wildman–Crippen LogP) is 5.10. The minimum absolute atomic E-state index is 0.0509. The number of halogens is 3. The van der Waals surface area contributed by atoms with E-state index in [1.807, 2.05) is 28.9 Å². The van der Waals surface area contributed by atoms with Crippen LogP contribution in [0.1, 0.15) is 48.1 Å². The van der Waals surface area contributed by atoms with Crippen molar-refractivity contribution in [3.63, 3.8) is 0 Å². The third kappa shape index (κ3) is 6.44. The minimum atomic E-state index is -4.57. The second kappa shape index (κ2) is 12.7. The molecule has 0 bridgehead atoms. The summed E-state index contributed by atoms with van der Waals surface area (Å²) in [6.07, 6.45) is 0.465. The zero-order chi connectivity index (χ0) is 33.7. The molecule has 5 heterocycles. The second-order valence-corrected chi connectivity index (χ2v) is 15.9. The molecule has 15 heteroatoms. The Bertz CT molecular complexity index is 1950. The molecule has 10 nitrogen and oxygen atoms in total. The second-order valence-electron chi connectivity index (χ2n) is 13.1. The van der Waals surface area contributed by atoms with Crippen molar-refractivity contribution in [3.05, 3.63) is 64.8 Å². The van der Waals surface area contributed by atoms with Gasteiger partial charge in [-0.1, -0.05) is 18.2 Å². The van der Waals surface area contributed by atoms with Crippen LogP contribution in [-0.2, 0) is 47.0 Å². The highest BCUT2D eigenvalue weighted by Gasteiger charge is 2.44. The molecule has 2 N–H and O–H groups in total. The number of benzene rings is 2. The molecule has 0 unspecified atom stereocenters. The van der Waals surface area contributed by atoms with E-state index in [0.29, 0.717) is 36.6 Å². The van der Waals surface area contributed by atoms with Crippen LogP contribution in [0.3, 0.4) is 0 Å². The largest absolute Gasteiger partial charge is 0.416 e. The summed E-state index contributed by atoms with van der Waals surface area (Å²) < 4.78 is 76.3. The van der Waals surface area contributed by atoms with Crippen LogP contribution in [0.15, 0.2) is 42.5 Å². The molecule has 0 aliphatic carbocycles. The first-order valence-electron chi connectivity index (χ1n) is 16.2. The third-order valence-corrected chi connectivity index (χ3v) is 12.2. The van der Waals surface area contributed by atoms with Crippen molar-refractivity contribution >= 4 is 43.4 Å². The number of fused-ring (bicyclic) bond motifs is 2. The Balaban J connectivity index is 1.14. The summed E-state index contributed by atoms with van der Waals surface area (Å²) in [5, 5.41) is 11.9. The number of rotatable bonds is 9. The fourth-order valence-corrected chi connectivity index (χ4v) is 8.91. The van der Waals surface area contributed by atoms with Crippen LogP contribution in [0.5, 0.6) is 0 Å². The normalized spacial score (nSPS) is 18.8. The number of carbonyl (C=O) groups is 1. The van der Waals surface area contributed by atoms with E-state index >= 15 is 0 Å². The SMILES string of the molecule is CS(=O)(=O)N1CCc2c(c(-c3ccc(C(F)(F)F)c(CNc4nsc5ccccc45)c3)nn2CCCN2CCC3(CCNC3=O)CC2)C1. The van der Waals surface area contributed by atoms with Crippen molar-refractivity contribution in [2.24, 2.45) is 5.41 Å². The average molecular weight is 702 g/mol. The van der Waals surface area contributed by atoms with E-state index in [-0.39, 0.29) is 30.0 Å². The summed E-state index contributed by atoms with van der Waals surface area (Å²) in [5.74, 6) is 0.703. The van der Waals surface area contributed by atoms with Gasteiger partial charge in [0.05, 0.1) is 27.6 Å². The van der Waals surface area contributed by atoms with Gasteiger partial charge in [0, 0.05) is 61.4 Å². The average Bonchev–Trinajstić information content (AvgIpc) is 3.75. The van der Waals surface area contributed by atoms with Crippen molar-refractivity contribution < 1.29 is 26.4 Å². The summed E-state index contributed by atoms with van der Waals surface area (Å²) in [7, 11) is -3.49. The number of anilines is 1. The topological polar surface area (TPSA) is 112 Å². The Morgan fingerprint density at radius 1 is 1.06 bits per heavy atom. The monoisotopic (exact) mass is 701 g/mol. The van der Waals surface area contributed by atoms with Crippen LogP contribution in [-0.4, -0.2) is 76.7 Å². The quantitative estimate of drug-likeness (QED) is 0.250. The van der Waals surface area contributed by atoms with Gasteiger partial charge in [-0.25, -0.2) is 8.42 Å². The van der Waals surface area contributed by atoms with E-state index in [4.69, 9.17) is 5.10 Å². The van der Waals surface area contributed by atoms with Crippen LogP contribution in [0.25, 0.3) is 21.3 Å². The van der Waals surface area contributed by atoms with Gasteiger partial charge in [0.2, 0.25) is 15.9 Å². The minimum Gasteiger partial charge on any atom is -0.365 e. The molecule has 2 aromatic heterocycles. The smallest absolute Gasteiger partial charge is 0.365 e. The first kappa shape index (κ1) is 33.0. The summed E-state index contributed by atoms with van der Waals surface area (Å²) in [5.41, 5.74) is 1.73. The van der Waals surface area contributed by atoms with Gasteiger partial charge >= 0.3 is 6.18 Å². The number of aromatic nitrogens is 3. The van der Waals surface area contributed by atoms with Crippen molar-refractivity contribution in [3.8, 4) is 11.3 Å². The Kier molecular flexibility index (Phi) is 8.75. The summed E-state index contributed by atoms with van der Waals surface area (Å²) in [4.78, 5) is 14.8. The highest BCUT2D eigenvalue weighted by molar-refractivity contribution is 7.88. The van der Waals surface area contributed by atoms with Crippen LogP contribution in [0.2, 0.25) is 0 Å². The number of likely N-dealkylation sites (tertiary alicyclic amines) is 1. The first-order valence-corrected chi connectivity index (χ1v) is 18.9. The highest BCUT2D eigenvalue weighted by Crippen LogP contribution is 2.39. The molecule has 2 aromatic carbocycles. The molecule has 1 spiro atoms. The standard InChI is InChI=1S/C33H38F3N7O3S2/c1-48(45,46)42-16-9-27-25(21-42)29(39-43(27)15-4-14-41-17-11-32(12-18-41)10-13-37-31(32)44)22-7-8-26(33(34,35)36)23(19-22)20-38-30-24-5-2-3-6-28(24)47-40-30/h2-3,5-8,19H,4,9-18,20-21H2,1H3,(H,37,44)(H,38,40). The van der Waals surface area contributed by atoms with Gasteiger partial charge in [0.1, 0.15) is 5.82 Å². The van der Waals surface area contributed by atoms with E-state index in [9.17, 15) is 26.4 Å². The number of hydrogen-bond acceptors (Lipinski definition) is 8. The van der Waals surface area contributed by atoms with E-state index in [0.717, 1.165) is 79.3 Å². The molecule has 0 atom stereocenters. The molecule has 2 saturated heterocycles. The van der Waals surface area contributed by atoms with Crippen LogP contribution < -0.4 is 10.6 Å². The lowest BCUT2D eigenvalue weighted by atomic mass is 9.77. The molecule has 48 heavy (non-hydrogen) atoms. The van der Waals surface area contributed by atoms with E-state index in [1.54, 1.807) is 0 Å². The van der Waals surface area contributed by atoms with E-state index in [1.165, 1.54) is 34.2 Å². The van der Waals surface area contributed by atoms with Gasteiger partial charge < -0.3 is 15.5 Å². The lowest BCUT2D eigenvalue weighted by Gasteiger charge is -2.37. The maximum absolute atomic E-state index is 14.2. The predicted molar refractivity (Wildman–Crippen MR) is 179 cm³/mol. The molecule has 0 saturated carbocycles. The summed E-state index contributed by atoms with van der Waals surface area (Å²) >= 11 is 1.28. The number of nitrogens with one attached hydrogen (secondary N) is 2. The summed E-state index contributed by atoms with van der Waals surface area (Å²) in [6.45, 7) is 4.22. The molecule has 256 valence electrons. The maximum Gasteiger partial charge on any atom is 0.416 e. The lowest BCUT2D eigenvalue weighted by Crippen LogP contribution is -2.44. The number of hydrogen-bond donors (Lipinski definition) is 2. The van der Waals surface area contributed by atoms with Crippen molar-refractivity contribution in [1.29, 1.82) is 0 Å². The Morgan fingerprint density at radius 2 is 1.85 bits per heavy atom. The number of sulfonamides is 1. The molecule has 0 radical (unpaired) electrons. The van der Waals surface area contributed by atoms with Gasteiger partial charge in [-0.05, 0) is 86.7 Å². The summed E-state index contributed by atoms with van der Waals surface area (Å²) in [6, 6.07) is 11.6. The number of nitrogens with zero attached hydrogens (tertiary/aromatic N) is 5. The highest BCUT2D eigenvalue weighted by atomic mass is 32.2. The Morgan fingerprint density at radius 3 is 2.58 bits per heavy atom. The third-order valence-electron chi connectivity index (χ3n) is 10.1. The lowest BCUT2D eigenvalue weighted by molar-refractivity contribution is -0.138. The fraction of sp³-hybridized carbons (Fsp3) is 0.485. The fourth-order valence-electron chi connectivity index (χ4n) is 7.36. The molecule has 2 fully saturated rings. The van der Waals surface area contributed by atoms with Gasteiger partial charge in [0.25, 0.3) is 0 Å². The van der Waals surface area contributed by atoms with Gasteiger partial charge in [-0.15, -0.1) is 0 Å². The molecule has 3 aliphatic rings. The first-order chi connectivity index (χ1) is 22.9. The van der Waals surface area contributed by atoms with Crippen LogP contribution in [0.4, 0.5) is 19.0 Å². The zero-order valence-electron chi connectivity index (χ0n) is 26.6. The van der Waals surface area contributed by atoms with Gasteiger partial charge in [-0.2, -0.15) is 26.9 Å². The van der Waals surface area contributed by atoms with Gasteiger partial charge in [0.15, 0.2) is 0 Å². The van der Waals surface area contributed by atoms with Crippen molar-refractivity contribution in [1.82, 2.24) is 28.7 Å². The maximum atomic E-state index is 14.2. The molecule has 4 aromatic rings.